The zero-order valence-corrected chi connectivity index (χ0v) is 12.9. The van der Waals surface area contributed by atoms with Gasteiger partial charge >= 0.3 is 0 Å². The molecule has 3 rings (SSSR count). The fourth-order valence-electron chi connectivity index (χ4n) is 2.81. The van der Waals surface area contributed by atoms with E-state index >= 15 is 0 Å². The molecule has 0 aromatic carbocycles. The summed E-state index contributed by atoms with van der Waals surface area (Å²) in [6.45, 7) is 0.647. The van der Waals surface area contributed by atoms with E-state index in [0.29, 0.717) is 11.5 Å². The van der Waals surface area contributed by atoms with E-state index in [9.17, 15) is 0 Å². The molecular formula is C16H19N3OS. The van der Waals surface area contributed by atoms with Gasteiger partial charge in [0, 0.05) is 12.7 Å². The summed E-state index contributed by atoms with van der Waals surface area (Å²) in [4.78, 5) is 7.28. The zero-order chi connectivity index (χ0) is 14.8. The molecule has 0 saturated carbocycles. The van der Waals surface area contributed by atoms with E-state index in [4.69, 9.17) is 27.4 Å². The maximum absolute atomic E-state index is 5.90. The molecule has 1 aliphatic carbocycles. The van der Waals surface area contributed by atoms with Gasteiger partial charge in [0.15, 0.2) is 0 Å². The van der Waals surface area contributed by atoms with Crippen LogP contribution in [0.3, 0.4) is 0 Å². The van der Waals surface area contributed by atoms with Gasteiger partial charge in [-0.05, 0) is 49.4 Å². The number of furan rings is 1. The summed E-state index contributed by atoms with van der Waals surface area (Å²) in [6, 6.07) is 5.96. The normalized spacial score (nSPS) is 13.8. The number of aromatic nitrogens is 1. The van der Waals surface area contributed by atoms with Crippen LogP contribution in [0.2, 0.25) is 0 Å². The van der Waals surface area contributed by atoms with E-state index in [1.54, 1.807) is 6.26 Å². The highest BCUT2D eigenvalue weighted by Gasteiger charge is 2.19. The van der Waals surface area contributed by atoms with Gasteiger partial charge in [0.25, 0.3) is 0 Å². The predicted octanol–water partition coefficient (Wildman–Crippen LogP) is 2.82. The van der Waals surface area contributed by atoms with Crippen LogP contribution >= 0.6 is 12.2 Å². The Labute approximate surface area is 130 Å². The SMILES string of the molecule is CN(Cc1ccco1)c1nc2c(cc1C(N)=S)CCCC2. The molecule has 0 bridgehead atoms. The van der Waals surface area contributed by atoms with Gasteiger partial charge in [0.2, 0.25) is 0 Å². The molecule has 0 aliphatic heterocycles. The highest BCUT2D eigenvalue weighted by atomic mass is 32.1. The molecule has 4 nitrogen and oxygen atoms in total. The number of hydrogen-bond acceptors (Lipinski definition) is 4. The molecule has 0 atom stereocenters. The van der Waals surface area contributed by atoms with Crippen molar-refractivity contribution in [1.29, 1.82) is 0 Å². The predicted molar refractivity (Wildman–Crippen MR) is 87.6 cm³/mol. The van der Waals surface area contributed by atoms with Crippen molar-refractivity contribution in [2.45, 2.75) is 32.2 Å². The number of thiocarbonyl (C=S) groups is 1. The average Bonchev–Trinajstić information content (AvgIpc) is 2.98. The molecule has 21 heavy (non-hydrogen) atoms. The molecule has 5 heteroatoms. The minimum atomic E-state index is 0.400. The molecule has 0 radical (unpaired) electrons. The highest BCUT2D eigenvalue weighted by Crippen LogP contribution is 2.27. The average molecular weight is 301 g/mol. The van der Waals surface area contributed by atoms with Gasteiger partial charge in [-0.25, -0.2) is 4.98 Å². The number of aryl methyl sites for hydroxylation is 2. The van der Waals surface area contributed by atoms with Gasteiger partial charge in [-0.2, -0.15) is 0 Å². The van der Waals surface area contributed by atoms with Gasteiger partial charge < -0.3 is 15.1 Å². The van der Waals surface area contributed by atoms with E-state index in [1.807, 2.05) is 24.1 Å². The summed E-state index contributed by atoms with van der Waals surface area (Å²) in [6.07, 6.45) is 6.20. The van der Waals surface area contributed by atoms with Crippen molar-refractivity contribution in [2.24, 2.45) is 5.73 Å². The molecule has 110 valence electrons. The van der Waals surface area contributed by atoms with E-state index in [0.717, 1.165) is 30.0 Å². The summed E-state index contributed by atoms with van der Waals surface area (Å²) in [5.41, 5.74) is 9.23. The zero-order valence-electron chi connectivity index (χ0n) is 12.1. The van der Waals surface area contributed by atoms with Crippen LogP contribution in [0, 0.1) is 0 Å². The Bertz CT molecular complexity index is 652. The third-order valence-electron chi connectivity index (χ3n) is 3.88. The van der Waals surface area contributed by atoms with Crippen LogP contribution in [-0.2, 0) is 19.4 Å². The Hall–Kier alpha value is -1.88. The second-order valence-electron chi connectivity index (χ2n) is 5.47. The molecule has 0 spiro atoms. The molecule has 2 aromatic rings. The largest absolute Gasteiger partial charge is 0.467 e. The molecule has 1 aliphatic rings. The Morgan fingerprint density at radius 3 is 2.95 bits per heavy atom. The first-order chi connectivity index (χ1) is 10.1. The Kier molecular flexibility index (Phi) is 3.92. The minimum Gasteiger partial charge on any atom is -0.467 e. The van der Waals surface area contributed by atoms with Crippen molar-refractivity contribution >= 4 is 23.0 Å². The van der Waals surface area contributed by atoms with Gasteiger partial charge in [0.05, 0.1) is 18.4 Å². The number of fused-ring (bicyclic) bond motifs is 1. The van der Waals surface area contributed by atoms with E-state index in [-0.39, 0.29) is 0 Å². The molecule has 0 unspecified atom stereocenters. The van der Waals surface area contributed by atoms with Crippen molar-refractivity contribution in [3.05, 3.63) is 47.0 Å². The van der Waals surface area contributed by atoms with Crippen LogP contribution in [-0.4, -0.2) is 17.0 Å². The molecule has 2 aromatic heterocycles. The summed E-state index contributed by atoms with van der Waals surface area (Å²) < 4.78 is 5.41. The minimum absolute atomic E-state index is 0.400. The molecule has 0 amide bonds. The van der Waals surface area contributed by atoms with Crippen LogP contribution in [0.5, 0.6) is 0 Å². The third kappa shape index (κ3) is 2.93. The first kappa shape index (κ1) is 14.1. The highest BCUT2D eigenvalue weighted by molar-refractivity contribution is 7.80. The number of rotatable bonds is 4. The van der Waals surface area contributed by atoms with E-state index in [1.165, 1.54) is 24.1 Å². The lowest BCUT2D eigenvalue weighted by Gasteiger charge is -2.24. The smallest absolute Gasteiger partial charge is 0.139 e. The summed E-state index contributed by atoms with van der Waals surface area (Å²) >= 11 is 5.21. The van der Waals surface area contributed by atoms with Gasteiger partial charge in [-0.15, -0.1) is 0 Å². The first-order valence-electron chi connectivity index (χ1n) is 7.21. The number of anilines is 1. The number of pyridine rings is 1. The maximum atomic E-state index is 5.90. The van der Waals surface area contributed by atoms with Gasteiger partial charge in [-0.3, -0.25) is 0 Å². The van der Waals surface area contributed by atoms with E-state index < -0.39 is 0 Å². The number of nitrogens with two attached hydrogens (primary N) is 1. The van der Waals surface area contributed by atoms with Crippen LogP contribution in [0.1, 0.15) is 35.4 Å². The first-order valence-corrected chi connectivity index (χ1v) is 7.62. The van der Waals surface area contributed by atoms with Crippen LogP contribution in [0.4, 0.5) is 5.82 Å². The molecule has 2 N–H and O–H groups in total. The standard InChI is InChI=1S/C16H19N3OS/c1-19(10-12-6-4-8-20-12)16-13(15(17)21)9-11-5-2-3-7-14(11)18-16/h4,6,8-9H,2-3,5,7,10H2,1H3,(H2,17,21). The van der Waals surface area contributed by atoms with Crippen molar-refractivity contribution < 1.29 is 4.42 Å². The fraction of sp³-hybridized carbons (Fsp3) is 0.375. The van der Waals surface area contributed by atoms with Crippen molar-refractivity contribution in [3.63, 3.8) is 0 Å². The Balaban J connectivity index is 1.97. The monoisotopic (exact) mass is 301 g/mol. The number of hydrogen-bond donors (Lipinski definition) is 1. The van der Waals surface area contributed by atoms with Crippen LogP contribution in [0.15, 0.2) is 28.9 Å². The summed E-state index contributed by atoms with van der Waals surface area (Å²) in [5.74, 6) is 1.74. The summed E-state index contributed by atoms with van der Waals surface area (Å²) in [7, 11) is 1.99. The van der Waals surface area contributed by atoms with Crippen molar-refractivity contribution in [2.75, 3.05) is 11.9 Å². The third-order valence-corrected chi connectivity index (χ3v) is 4.10. The Morgan fingerprint density at radius 2 is 2.24 bits per heavy atom. The van der Waals surface area contributed by atoms with Crippen molar-refractivity contribution in [1.82, 2.24) is 4.98 Å². The second-order valence-corrected chi connectivity index (χ2v) is 5.91. The summed E-state index contributed by atoms with van der Waals surface area (Å²) in [5, 5.41) is 0. The van der Waals surface area contributed by atoms with E-state index in [2.05, 4.69) is 6.07 Å². The maximum Gasteiger partial charge on any atom is 0.139 e. The molecular weight excluding hydrogens is 282 g/mol. The lowest BCUT2D eigenvalue weighted by Crippen LogP contribution is -2.24. The lowest BCUT2D eigenvalue weighted by atomic mass is 9.94. The molecule has 2 heterocycles. The molecule has 0 fully saturated rings. The topological polar surface area (TPSA) is 55.3 Å². The fourth-order valence-corrected chi connectivity index (χ4v) is 2.96. The van der Waals surface area contributed by atoms with Crippen LogP contribution in [0.25, 0.3) is 0 Å². The quantitative estimate of drug-likeness (QED) is 0.880. The second kappa shape index (κ2) is 5.85. The van der Waals surface area contributed by atoms with Crippen molar-refractivity contribution in [3.8, 4) is 0 Å². The Morgan fingerprint density at radius 1 is 1.43 bits per heavy atom. The molecule has 0 saturated heterocycles. The number of nitrogens with zero attached hydrogens (tertiary/aromatic N) is 2. The van der Waals surface area contributed by atoms with Gasteiger partial charge in [-0.1, -0.05) is 12.2 Å². The van der Waals surface area contributed by atoms with Crippen LogP contribution < -0.4 is 10.6 Å². The van der Waals surface area contributed by atoms with Gasteiger partial charge in [0.1, 0.15) is 16.6 Å². The lowest BCUT2D eigenvalue weighted by molar-refractivity contribution is 0.506.